The van der Waals surface area contributed by atoms with Gasteiger partial charge in [-0.25, -0.2) is 9.78 Å². The van der Waals surface area contributed by atoms with Gasteiger partial charge in [0.2, 0.25) is 5.95 Å². The van der Waals surface area contributed by atoms with Gasteiger partial charge in [0.05, 0.1) is 0 Å². The Kier molecular flexibility index (Phi) is 4.62. The Hall–Kier alpha value is -2.28. The molecule has 3 rings (SSSR count). The van der Waals surface area contributed by atoms with E-state index in [0.29, 0.717) is 17.6 Å². The van der Waals surface area contributed by atoms with Crippen LogP contribution in [0.2, 0.25) is 5.15 Å². The average Bonchev–Trinajstić information content (AvgIpc) is 3.11. The van der Waals surface area contributed by atoms with Crippen molar-refractivity contribution >= 4 is 23.5 Å². The van der Waals surface area contributed by atoms with Crippen LogP contribution in [0.25, 0.3) is 5.95 Å². The minimum atomic E-state index is -0.987. The highest BCUT2D eigenvalue weighted by Crippen LogP contribution is 2.25. The molecular weight excluding hydrogens is 330 g/mol. The maximum absolute atomic E-state index is 10.6. The second-order valence-electron chi connectivity index (χ2n) is 6.09. The van der Waals surface area contributed by atoms with E-state index in [1.807, 2.05) is 30.5 Å². The number of carbonyl (C=O) groups is 1. The summed E-state index contributed by atoms with van der Waals surface area (Å²) in [6.07, 6.45) is -0.0712. The van der Waals surface area contributed by atoms with Gasteiger partial charge in [-0.15, -0.1) is 0 Å². The van der Waals surface area contributed by atoms with Crippen LogP contribution in [0.1, 0.15) is 17.8 Å². The number of amides is 1. The molecular formula is C16H20ClN5O2. The van der Waals surface area contributed by atoms with Gasteiger partial charge in [-0.3, -0.25) is 4.57 Å². The third kappa shape index (κ3) is 3.46. The Morgan fingerprint density at radius 3 is 2.75 bits per heavy atom. The minimum absolute atomic E-state index is 0.272. The van der Waals surface area contributed by atoms with Crippen LogP contribution in [0.15, 0.2) is 18.2 Å². The summed E-state index contributed by atoms with van der Waals surface area (Å²) in [7, 11) is 0. The van der Waals surface area contributed by atoms with Gasteiger partial charge in [-0.2, -0.15) is 4.98 Å². The van der Waals surface area contributed by atoms with Gasteiger partial charge in [-0.1, -0.05) is 11.6 Å². The van der Waals surface area contributed by atoms with Gasteiger partial charge in [0, 0.05) is 37.1 Å². The highest BCUT2D eigenvalue weighted by atomic mass is 35.5. The lowest BCUT2D eigenvalue weighted by Crippen LogP contribution is -2.30. The quantitative estimate of drug-likeness (QED) is 0.829. The van der Waals surface area contributed by atoms with Crippen molar-refractivity contribution in [2.75, 3.05) is 24.5 Å². The summed E-state index contributed by atoms with van der Waals surface area (Å²) in [5.74, 6) is 1.60. The first-order valence-electron chi connectivity index (χ1n) is 7.85. The van der Waals surface area contributed by atoms with E-state index in [9.17, 15) is 4.79 Å². The predicted octanol–water partition coefficient (Wildman–Crippen LogP) is 2.63. The van der Waals surface area contributed by atoms with Crippen LogP contribution in [0.3, 0.4) is 0 Å². The normalized spacial score (nSPS) is 17.3. The Bertz CT molecular complexity index is 741. The number of nitrogens with one attached hydrogen (secondary N) is 1. The van der Waals surface area contributed by atoms with Crippen molar-refractivity contribution in [2.24, 2.45) is 5.92 Å². The number of hydrogen-bond acceptors (Lipinski definition) is 4. The molecule has 128 valence electrons. The predicted molar refractivity (Wildman–Crippen MR) is 92.2 cm³/mol. The van der Waals surface area contributed by atoms with Crippen molar-refractivity contribution < 1.29 is 9.90 Å². The number of rotatable bonds is 4. The van der Waals surface area contributed by atoms with Gasteiger partial charge in [0.1, 0.15) is 11.0 Å². The summed E-state index contributed by atoms with van der Waals surface area (Å²) in [5.41, 5.74) is 2.09. The van der Waals surface area contributed by atoms with Crippen molar-refractivity contribution in [2.45, 2.75) is 20.3 Å². The topological polar surface area (TPSA) is 83.3 Å². The summed E-state index contributed by atoms with van der Waals surface area (Å²) in [6, 6.07) is 5.79. The standard InChI is InChI=1S/C16H20ClN5O2/c1-10-3-4-11(2)22(10)15-19-13(17)7-14(20-15)21-6-5-12(9-21)8-18-16(23)24/h3-4,7,12,18H,5-6,8-9H2,1-2H3,(H,23,24)/t12-/m1/s1. The first-order chi connectivity index (χ1) is 11.4. The molecule has 2 aromatic rings. The smallest absolute Gasteiger partial charge is 0.404 e. The number of aryl methyl sites for hydroxylation is 2. The van der Waals surface area contributed by atoms with Crippen LogP contribution in [0, 0.1) is 19.8 Å². The number of aromatic nitrogens is 3. The fraction of sp³-hybridized carbons (Fsp3) is 0.438. The van der Waals surface area contributed by atoms with Gasteiger partial charge in [0.15, 0.2) is 0 Å². The molecule has 0 aliphatic carbocycles. The highest BCUT2D eigenvalue weighted by Gasteiger charge is 2.25. The Morgan fingerprint density at radius 1 is 1.38 bits per heavy atom. The molecule has 1 aliphatic rings. The van der Waals surface area contributed by atoms with E-state index in [4.69, 9.17) is 16.7 Å². The summed E-state index contributed by atoms with van der Waals surface area (Å²) in [4.78, 5) is 21.8. The van der Waals surface area contributed by atoms with E-state index in [0.717, 1.165) is 36.7 Å². The molecule has 8 heteroatoms. The zero-order valence-corrected chi connectivity index (χ0v) is 14.4. The Balaban J connectivity index is 1.81. The van der Waals surface area contributed by atoms with Crippen LogP contribution in [0.5, 0.6) is 0 Å². The molecule has 1 saturated heterocycles. The second kappa shape index (κ2) is 6.68. The molecule has 3 heterocycles. The number of halogens is 1. The minimum Gasteiger partial charge on any atom is -0.465 e. The van der Waals surface area contributed by atoms with Crippen LogP contribution in [-0.4, -0.2) is 45.4 Å². The maximum atomic E-state index is 10.6. The zero-order valence-electron chi connectivity index (χ0n) is 13.7. The molecule has 1 atom stereocenters. The maximum Gasteiger partial charge on any atom is 0.404 e. The van der Waals surface area contributed by atoms with Crippen molar-refractivity contribution in [1.82, 2.24) is 19.9 Å². The SMILES string of the molecule is Cc1ccc(C)n1-c1nc(Cl)cc(N2CC[C@H](CNC(=O)O)C2)n1. The highest BCUT2D eigenvalue weighted by molar-refractivity contribution is 6.29. The molecule has 0 saturated carbocycles. The van der Waals surface area contributed by atoms with Gasteiger partial charge >= 0.3 is 6.09 Å². The summed E-state index contributed by atoms with van der Waals surface area (Å²) in [5, 5.41) is 11.6. The fourth-order valence-corrected chi connectivity index (χ4v) is 3.25. The Labute approximate surface area is 145 Å². The summed E-state index contributed by atoms with van der Waals surface area (Å²) in [6.45, 7) is 6.02. The van der Waals surface area contributed by atoms with E-state index in [1.165, 1.54) is 0 Å². The molecule has 7 nitrogen and oxygen atoms in total. The molecule has 2 N–H and O–H groups in total. The summed E-state index contributed by atoms with van der Waals surface area (Å²) >= 11 is 6.21. The lowest BCUT2D eigenvalue weighted by Gasteiger charge is -2.19. The lowest BCUT2D eigenvalue weighted by molar-refractivity contribution is 0.192. The van der Waals surface area contributed by atoms with Crippen LogP contribution >= 0.6 is 11.6 Å². The second-order valence-corrected chi connectivity index (χ2v) is 6.47. The number of hydrogen-bond donors (Lipinski definition) is 2. The molecule has 0 radical (unpaired) electrons. The van der Waals surface area contributed by atoms with Crippen molar-refractivity contribution in [3.05, 3.63) is 34.7 Å². The van der Waals surface area contributed by atoms with Crippen LogP contribution < -0.4 is 10.2 Å². The molecule has 0 unspecified atom stereocenters. The van der Waals surface area contributed by atoms with Crippen molar-refractivity contribution in [3.63, 3.8) is 0 Å². The fourth-order valence-electron chi connectivity index (χ4n) is 3.08. The first-order valence-corrected chi connectivity index (χ1v) is 8.23. The molecule has 0 bridgehead atoms. The number of anilines is 1. The van der Waals surface area contributed by atoms with E-state index in [1.54, 1.807) is 6.07 Å². The monoisotopic (exact) mass is 349 g/mol. The third-order valence-corrected chi connectivity index (χ3v) is 4.49. The molecule has 1 amide bonds. The van der Waals surface area contributed by atoms with Crippen molar-refractivity contribution in [1.29, 1.82) is 0 Å². The van der Waals surface area contributed by atoms with Crippen LogP contribution in [0.4, 0.5) is 10.6 Å². The molecule has 1 fully saturated rings. The first kappa shape index (κ1) is 16.6. The van der Waals surface area contributed by atoms with Crippen molar-refractivity contribution in [3.8, 4) is 5.95 Å². The van der Waals surface area contributed by atoms with E-state index in [-0.39, 0.29) is 5.92 Å². The van der Waals surface area contributed by atoms with Crippen LogP contribution in [-0.2, 0) is 0 Å². The molecule has 0 aromatic carbocycles. The van der Waals surface area contributed by atoms with Gasteiger partial charge in [-0.05, 0) is 38.3 Å². The van der Waals surface area contributed by atoms with Gasteiger partial charge < -0.3 is 15.3 Å². The zero-order chi connectivity index (χ0) is 17.3. The van der Waals surface area contributed by atoms with Gasteiger partial charge in [0.25, 0.3) is 0 Å². The average molecular weight is 350 g/mol. The Morgan fingerprint density at radius 2 is 2.08 bits per heavy atom. The molecule has 1 aliphatic heterocycles. The van der Waals surface area contributed by atoms with E-state index in [2.05, 4.69) is 20.2 Å². The molecule has 2 aromatic heterocycles. The van der Waals surface area contributed by atoms with E-state index < -0.39 is 6.09 Å². The summed E-state index contributed by atoms with van der Waals surface area (Å²) < 4.78 is 1.97. The molecule has 24 heavy (non-hydrogen) atoms. The van der Waals surface area contributed by atoms with E-state index >= 15 is 0 Å². The largest absolute Gasteiger partial charge is 0.465 e. The third-order valence-electron chi connectivity index (χ3n) is 4.29. The number of nitrogens with zero attached hydrogens (tertiary/aromatic N) is 4. The number of carboxylic acid groups (broad SMARTS) is 1. The lowest BCUT2D eigenvalue weighted by atomic mass is 10.1. The molecule has 0 spiro atoms.